The summed E-state index contributed by atoms with van der Waals surface area (Å²) in [6.45, 7) is 4.42. The number of pyridine rings is 2. The molecule has 0 N–H and O–H groups in total. The van der Waals surface area contributed by atoms with E-state index in [1.54, 1.807) is 0 Å². The molecule has 86 valence electrons. The largest absolute Gasteiger partial charge is 0.239 e. The molecule has 3 rings (SSSR count). The lowest BCUT2D eigenvalue weighted by atomic mass is 9.83. The Morgan fingerprint density at radius 2 is 1.24 bits per heavy atom. The van der Waals surface area contributed by atoms with Crippen LogP contribution >= 0.6 is 31.9 Å². The highest BCUT2D eigenvalue weighted by molar-refractivity contribution is 9.10. The molecule has 1 aliphatic rings. The third-order valence-corrected chi connectivity index (χ3v) is 4.18. The fourth-order valence-corrected chi connectivity index (χ4v) is 3.00. The molecule has 2 aromatic heterocycles. The first-order valence-corrected chi connectivity index (χ1v) is 6.93. The van der Waals surface area contributed by atoms with Crippen molar-refractivity contribution in [2.24, 2.45) is 0 Å². The van der Waals surface area contributed by atoms with Crippen LogP contribution in [-0.4, -0.2) is 9.97 Å². The van der Waals surface area contributed by atoms with Crippen molar-refractivity contribution in [2.75, 3.05) is 0 Å². The zero-order valence-corrected chi connectivity index (χ0v) is 12.6. The summed E-state index contributed by atoms with van der Waals surface area (Å²) in [5, 5.41) is 0. The second kappa shape index (κ2) is 3.62. The van der Waals surface area contributed by atoms with Crippen molar-refractivity contribution in [2.45, 2.75) is 19.3 Å². The molecular formula is C13H10Br2N2. The summed E-state index contributed by atoms with van der Waals surface area (Å²) in [5.74, 6) is 0. The number of hydrogen-bond donors (Lipinski definition) is 0. The second-order valence-corrected chi connectivity index (χ2v) is 6.31. The van der Waals surface area contributed by atoms with E-state index in [4.69, 9.17) is 0 Å². The van der Waals surface area contributed by atoms with Crippen LogP contribution in [0.3, 0.4) is 0 Å². The number of fused-ring (bicyclic) bond motifs is 3. The maximum Gasteiger partial charge on any atom is 0.106 e. The third-order valence-electron chi connectivity index (χ3n) is 3.29. The molecule has 1 aliphatic carbocycles. The first-order valence-electron chi connectivity index (χ1n) is 5.34. The minimum absolute atomic E-state index is 0.0218. The van der Waals surface area contributed by atoms with E-state index < -0.39 is 0 Å². The van der Waals surface area contributed by atoms with Crippen LogP contribution in [0.5, 0.6) is 0 Å². The minimum atomic E-state index is -0.0218. The van der Waals surface area contributed by atoms with Crippen LogP contribution in [0, 0.1) is 0 Å². The standard InChI is InChI=1S/C13H10Br2N2/c1-13(2)7-3-5-9(14)16-11(7)12-8(13)4-6-10(15)17-12/h3-6H,1-2H3. The van der Waals surface area contributed by atoms with E-state index in [0.717, 1.165) is 20.6 Å². The fourth-order valence-electron chi connectivity index (χ4n) is 2.39. The summed E-state index contributed by atoms with van der Waals surface area (Å²) in [6.07, 6.45) is 0. The number of hydrogen-bond acceptors (Lipinski definition) is 2. The predicted molar refractivity (Wildman–Crippen MR) is 75.0 cm³/mol. The molecule has 17 heavy (non-hydrogen) atoms. The van der Waals surface area contributed by atoms with Gasteiger partial charge in [-0.05, 0) is 55.1 Å². The van der Waals surface area contributed by atoms with E-state index in [1.165, 1.54) is 11.1 Å². The van der Waals surface area contributed by atoms with Crippen LogP contribution in [-0.2, 0) is 5.41 Å². The van der Waals surface area contributed by atoms with E-state index >= 15 is 0 Å². The molecule has 0 amide bonds. The third kappa shape index (κ3) is 1.58. The molecule has 0 saturated heterocycles. The Balaban J connectivity index is 2.39. The van der Waals surface area contributed by atoms with Crippen molar-refractivity contribution in [3.8, 4) is 11.4 Å². The highest BCUT2D eigenvalue weighted by atomic mass is 79.9. The highest BCUT2D eigenvalue weighted by Gasteiger charge is 2.37. The normalized spacial score (nSPS) is 15.5. The molecule has 2 nitrogen and oxygen atoms in total. The van der Waals surface area contributed by atoms with E-state index in [9.17, 15) is 0 Å². The summed E-state index contributed by atoms with van der Waals surface area (Å²) in [5.41, 5.74) is 4.43. The van der Waals surface area contributed by atoms with Gasteiger partial charge in [0, 0.05) is 5.41 Å². The molecule has 0 unspecified atom stereocenters. The zero-order chi connectivity index (χ0) is 12.2. The van der Waals surface area contributed by atoms with Crippen LogP contribution in [0.25, 0.3) is 11.4 Å². The van der Waals surface area contributed by atoms with E-state index in [-0.39, 0.29) is 5.41 Å². The van der Waals surface area contributed by atoms with Crippen molar-refractivity contribution in [3.63, 3.8) is 0 Å². The van der Waals surface area contributed by atoms with Gasteiger partial charge in [-0.1, -0.05) is 26.0 Å². The summed E-state index contributed by atoms with van der Waals surface area (Å²) in [4.78, 5) is 9.13. The Morgan fingerprint density at radius 3 is 1.65 bits per heavy atom. The lowest BCUT2D eigenvalue weighted by Crippen LogP contribution is -2.15. The predicted octanol–water partition coefficient (Wildman–Crippen LogP) is 4.31. The van der Waals surface area contributed by atoms with Crippen molar-refractivity contribution in [3.05, 3.63) is 44.6 Å². The maximum atomic E-state index is 4.57. The molecule has 0 atom stereocenters. The Bertz CT molecular complexity index is 567. The Morgan fingerprint density at radius 1 is 0.824 bits per heavy atom. The first-order chi connectivity index (χ1) is 8.00. The van der Waals surface area contributed by atoms with Crippen LogP contribution < -0.4 is 0 Å². The van der Waals surface area contributed by atoms with Gasteiger partial charge < -0.3 is 0 Å². The molecule has 4 heteroatoms. The number of rotatable bonds is 0. The van der Waals surface area contributed by atoms with Gasteiger partial charge in [0.15, 0.2) is 0 Å². The zero-order valence-electron chi connectivity index (χ0n) is 9.46. The summed E-state index contributed by atoms with van der Waals surface area (Å²) >= 11 is 6.84. The minimum Gasteiger partial charge on any atom is -0.239 e. The lowest BCUT2D eigenvalue weighted by molar-refractivity contribution is 0.657. The molecule has 0 spiro atoms. The summed E-state index contributed by atoms with van der Waals surface area (Å²) in [6, 6.07) is 8.23. The van der Waals surface area contributed by atoms with Crippen LogP contribution in [0.15, 0.2) is 33.5 Å². The molecule has 0 aliphatic heterocycles. The molecule has 0 bridgehead atoms. The molecule has 0 fully saturated rings. The van der Waals surface area contributed by atoms with Gasteiger partial charge in [0.2, 0.25) is 0 Å². The Labute approximate surface area is 117 Å². The highest BCUT2D eigenvalue weighted by Crippen LogP contribution is 2.47. The topological polar surface area (TPSA) is 25.8 Å². The molecule has 2 aromatic rings. The number of nitrogens with zero attached hydrogens (tertiary/aromatic N) is 2. The van der Waals surface area contributed by atoms with E-state index in [1.807, 2.05) is 12.1 Å². The average Bonchev–Trinajstić information content (AvgIpc) is 2.47. The number of halogens is 2. The van der Waals surface area contributed by atoms with Gasteiger partial charge >= 0.3 is 0 Å². The van der Waals surface area contributed by atoms with Crippen molar-refractivity contribution in [1.82, 2.24) is 9.97 Å². The maximum absolute atomic E-state index is 4.57. The average molecular weight is 354 g/mol. The Kier molecular flexibility index (Phi) is 2.42. The van der Waals surface area contributed by atoms with Crippen molar-refractivity contribution >= 4 is 31.9 Å². The van der Waals surface area contributed by atoms with E-state index in [0.29, 0.717) is 0 Å². The van der Waals surface area contributed by atoms with Crippen LogP contribution in [0.2, 0.25) is 0 Å². The molecule has 0 aromatic carbocycles. The monoisotopic (exact) mass is 352 g/mol. The van der Waals surface area contributed by atoms with Gasteiger partial charge in [0.05, 0.1) is 11.4 Å². The summed E-state index contributed by atoms with van der Waals surface area (Å²) < 4.78 is 1.70. The van der Waals surface area contributed by atoms with Crippen molar-refractivity contribution < 1.29 is 0 Å². The quantitative estimate of drug-likeness (QED) is 0.659. The van der Waals surface area contributed by atoms with E-state index in [2.05, 4.69) is 67.8 Å². The van der Waals surface area contributed by atoms with Crippen LogP contribution in [0.4, 0.5) is 0 Å². The SMILES string of the molecule is CC1(C)c2ccc(Br)nc2-c2nc(Br)ccc21. The summed E-state index contributed by atoms with van der Waals surface area (Å²) in [7, 11) is 0. The van der Waals surface area contributed by atoms with Crippen LogP contribution in [0.1, 0.15) is 25.0 Å². The Hall–Kier alpha value is -0.740. The first kappa shape index (κ1) is 11.4. The smallest absolute Gasteiger partial charge is 0.106 e. The van der Waals surface area contributed by atoms with Gasteiger partial charge in [-0.3, -0.25) is 0 Å². The second-order valence-electron chi connectivity index (χ2n) is 4.69. The molecule has 0 radical (unpaired) electrons. The van der Waals surface area contributed by atoms with Crippen molar-refractivity contribution in [1.29, 1.82) is 0 Å². The van der Waals surface area contributed by atoms with Gasteiger partial charge in [-0.2, -0.15) is 0 Å². The number of aromatic nitrogens is 2. The van der Waals surface area contributed by atoms with Gasteiger partial charge in [-0.15, -0.1) is 0 Å². The molecule has 0 saturated carbocycles. The van der Waals surface area contributed by atoms with Gasteiger partial charge in [-0.25, -0.2) is 9.97 Å². The molecule has 2 heterocycles. The fraction of sp³-hybridized carbons (Fsp3) is 0.231. The molecular weight excluding hydrogens is 344 g/mol. The van der Waals surface area contributed by atoms with Gasteiger partial charge in [0.25, 0.3) is 0 Å². The lowest BCUT2D eigenvalue weighted by Gasteiger charge is -2.20. The van der Waals surface area contributed by atoms with Gasteiger partial charge in [0.1, 0.15) is 9.21 Å².